The molecule has 2 saturated heterocycles. The van der Waals surface area contributed by atoms with Crippen LogP contribution >= 0.6 is 0 Å². The van der Waals surface area contributed by atoms with E-state index >= 15 is 0 Å². The first kappa shape index (κ1) is 44.1. The van der Waals surface area contributed by atoms with Gasteiger partial charge in [-0.15, -0.1) is 0 Å². The maximum Gasteiger partial charge on any atom is 0.169 e. The fourth-order valence-electron chi connectivity index (χ4n) is 7.00. The lowest BCUT2D eigenvalue weighted by atomic mass is 9.84. The van der Waals surface area contributed by atoms with Gasteiger partial charge < -0.3 is 64.2 Å². The number of nitrogens with zero attached hydrogens (tertiary/aromatic N) is 18. The van der Waals surface area contributed by atoms with E-state index in [2.05, 4.69) is 60.2 Å². The summed E-state index contributed by atoms with van der Waals surface area (Å²) in [4.78, 5) is 16.2. The van der Waals surface area contributed by atoms with Gasteiger partial charge in [0.1, 0.15) is 61.6 Å². The van der Waals surface area contributed by atoms with Crippen LogP contribution in [0.5, 0.6) is 0 Å². The van der Waals surface area contributed by atoms with Gasteiger partial charge in [0.2, 0.25) is 0 Å². The first-order valence-corrected chi connectivity index (χ1v) is 16.7. The van der Waals surface area contributed by atoms with Gasteiger partial charge in [0, 0.05) is 35.5 Å². The molecule has 0 aromatic carbocycles. The average Bonchev–Trinajstić information content (AvgIpc) is 3.17. The van der Waals surface area contributed by atoms with E-state index in [9.17, 15) is 46.8 Å². The maximum atomic E-state index is 11.1. The number of hydrogen-bond acceptors (Lipinski definition) is 19. The minimum absolute atomic E-state index is 0.0450. The van der Waals surface area contributed by atoms with E-state index in [1.54, 1.807) is 0 Å². The summed E-state index contributed by atoms with van der Waals surface area (Å²) in [7, 11) is 0. The molecule has 4 fully saturated rings. The van der Waals surface area contributed by atoms with Crippen LogP contribution in [0, 0.1) is 0 Å². The second kappa shape index (κ2) is 21.0. The summed E-state index contributed by atoms with van der Waals surface area (Å²) in [6.45, 7) is -2.63. The average molecular weight is 799 g/mol. The molecule has 4 aliphatic rings. The van der Waals surface area contributed by atoms with Crippen LogP contribution in [-0.4, -0.2) is 172 Å². The zero-order valence-electron chi connectivity index (χ0n) is 28.8. The Labute approximate surface area is 313 Å². The summed E-state index contributed by atoms with van der Waals surface area (Å²) in [6, 6.07) is -7.66. The van der Waals surface area contributed by atoms with Gasteiger partial charge in [0.25, 0.3) is 0 Å². The third-order valence-electron chi connectivity index (χ3n) is 9.66. The Morgan fingerprint density at radius 1 is 0.500 bits per heavy atom. The molecule has 8 unspecified atom stereocenters. The molecule has 0 aromatic heterocycles. The third kappa shape index (κ3) is 10.0. The Morgan fingerprint density at radius 3 is 1.41 bits per heavy atom. The van der Waals surface area contributed by atoms with Crippen molar-refractivity contribution >= 4 is 0 Å². The van der Waals surface area contributed by atoms with E-state index in [4.69, 9.17) is 50.5 Å². The third-order valence-corrected chi connectivity index (χ3v) is 9.66. The van der Waals surface area contributed by atoms with Crippen LogP contribution in [0.25, 0.3) is 62.7 Å². The fourth-order valence-corrected chi connectivity index (χ4v) is 7.00. The van der Waals surface area contributed by atoms with E-state index in [0.717, 1.165) is 0 Å². The highest BCUT2D eigenvalue weighted by Gasteiger charge is 2.52. The molecule has 31 nitrogen and oxygen atoms in total. The van der Waals surface area contributed by atoms with Gasteiger partial charge in [-0.1, -0.05) is 30.7 Å². The van der Waals surface area contributed by atoms with Crippen molar-refractivity contribution in [1.82, 2.24) is 0 Å². The van der Waals surface area contributed by atoms with Crippen molar-refractivity contribution in [3.63, 3.8) is 0 Å². The van der Waals surface area contributed by atoms with Gasteiger partial charge in [-0.25, -0.2) is 0 Å². The molecule has 0 spiro atoms. The fraction of sp³-hybridized carbons (Fsp3) is 1.00. The number of azide groups is 6. The van der Waals surface area contributed by atoms with E-state index in [0.29, 0.717) is 0 Å². The van der Waals surface area contributed by atoms with Crippen LogP contribution in [0.3, 0.4) is 0 Å². The first-order chi connectivity index (χ1) is 27.0. The largest absolute Gasteiger partial charge is 0.394 e. The smallest absolute Gasteiger partial charge is 0.169 e. The molecule has 0 aromatic rings. The molecular formula is C25H38N18O13. The van der Waals surface area contributed by atoms with Crippen LogP contribution in [0.15, 0.2) is 30.7 Å². The molecule has 2 saturated carbocycles. The molecule has 2 aliphatic carbocycles. The van der Waals surface area contributed by atoms with Crippen molar-refractivity contribution in [2.45, 2.75) is 135 Å². The molecule has 0 bridgehead atoms. The van der Waals surface area contributed by atoms with Crippen LogP contribution in [0.1, 0.15) is 19.3 Å². The molecule has 2 aliphatic heterocycles. The predicted octanol–water partition coefficient (Wildman–Crippen LogP) is -0.00550. The number of rotatable bonds is 16. The summed E-state index contributed by atoms with van der Waals surface area (Å²) in [5.74, 6) is 0. The number of hydrogen-bond donors (Lipinski definition) is 7. The van der Waals surface area contributed by atoms with Crippen LogP contribution in [0.4, 0.5) is 0 Å². The molecule has 19 atom stereocenters. The Hall–Kier alpha value is -4.66. The van der Waals surface area contributed by atoms with Crippen molar-refractivity contribution < 1.29 is 64.2 Å². The molecule has 306 valence electrons. The molecule has 0 amide bonds. The topological polar surface area (TPSA) is 490 Å². The minimum atomic E-state index is -1.86. The van der Waals surface area contributed by atoms with Crippen molar-refractivity contribution in [3.05, 3.63) is 62.7 Å². The van der Waals surface area contributed by atoms with Gasteiger partial charge in [-0.3, -0.25) is 0 Å². The molecule has 31 heteroatoms. The van der Waals surface area contributed by atoms with Crippen LogP contribution in [-0.2, 0) is 28.4 Å². The Morgan fingerprint density at radius 2 is 0.946 bits per heavy atom. The van der Waals surface area contributed by atoms with Crippen molar-refractivity contribution in [3.8, 4) is 0 Å². The van der Waals surface area contributed by atoms with Crippen LogP contribution < -0.4 is 0 Å². The van der Waals surface area contributed by atoms with E-state index in [1.807, 2.05) is 0 Å². The second-order valence-corrected chi connectivity index (χ2v) is 12.8. The van der Waals surface area contributed by atoms with Crippen LogP contribution in [0.2, 0.25) is 0 Å². The summed E-state index contributed by atoms with van der Waals surface area (Å²) in [6.07, 6.45) is -21.6. The van der Waals surface area contributed by atoms with Gasteiger partial charge in [-0.2, -0.15) is 0 Å². The van der Waals surface area contributed by atoms with Gasteiger partial charge >= 0.3 is 0 Å². The quantitative estimate of drug-likeness (QED) is 0.0468. The van der Waals surface area contributed by atoms with E-state index in [1.165, 1.54) is 0 Å². The number of aliphatic hydroxyl groups is 7. The minimum Gasteiger partial charge on any atom is -0.394 e. The normalized spacial score (nSPS) is 42.2. The van der Waals surface area contributed by atoms with Crippen molar-refractivity contribution in [2.24, 2.45) is 30.7 Å². The Balaban J connectivity index is 1.57. The Kier molecular flexibility index (Phi) is 16.5. The van der Waals surface area contributed by atoms with Gasteiger partial charge in [0.05, 0.1) is 55.8 Å². The van der Waals surface area contributed by atoms with Crippen molar-refractivity contribution in [1.29, 1.82) is 0 Å². The van der Waals surface area contributed by atoms with Crippen molar-refractivity contribution in [2.75, 3.05) is 20.0 Å². The zero-order valence-corrected chi connectivity index (χ0v) is 28.8. The van der Waals surface area contributed by atoms with E-state index in [-0.39, 0.29) is 19.3 Å². The molecule has 4 rings (SSSR count). The molecular weight excluding hydrogens is 760 g/mol. The van der Waals surface area contributed by atoms with Gasteiger partial charge in [-0.05, 0) is 52.4 Å². The summed E-state index contributed by atoms with van der Waals surface area (Å²) < 4.78 is 34.5. The van der Waals surface area contributed by atoms with Gasteiger partial charge in [0.15, 0.2) is 12.6 Å². The maximum absolute atomic E-state index is 11.1. The lowest BCUT2D eigenvalue weighted by molar-refractivity contribution is -0.319. The predicted molar refractivity (Wildman–Crippen MR) is 177 cm³/mol. The highest BCUT2D eigenvalue weighted by molar-refractivity contribution is 5.03. The molecule has 56 heavy (non-hydrogen) atoms. The summed E-state index contributed by atoms with van der Waals surface area (Å²) in [5.41, 5.74) is 54.8. The summed E-state index contributed by atoms with van der Waals surface area (Å²) in [5, 5.41) is 95.7. The highest BCUT2D eigenvalue weighted by atomic mass is 16.7. The molecule has 7 N–H and O–H groups in total. The standard InChI is InChI=1S/C25H38N18O13/c26-38-32-7-1-9(34-40-28)20(11(46)2-7)55-24-14(36-42-30)22(17(48)12(4-44)53-24)51-6-52-23-15(37-43-31)25(54-13(5-45)18(23)49)56-21-10(35-41-29)3-8(33-39-27)16(47)19(21)50/h7-25,44-50H,1-6H2/t7?,8-,9?,10?,11+,12?,13?,14?,15?,16-,17+,18-,19?,20+,21-,22+,23-,24+,25-/m1/s1. The number of ether oxygens (including phenoxy) is 6. The summed E-state index contributed by atoms with van der Waals surface area (Å²) >= 11 is 0. The molecule has 0 radical (unpaired) electrons. The second-order valence-electron chi connectivity index (χ2n) is 12.8. The lowest BCUT2D eigenvalue weighted by Crippen LogP contribution is -2.63. The number of aliphatic hydroxyl groups excluding tert-OH is 7. The SMILES string of the molecule is [N-]=[N+]=NC1CC(N=[N+]=[N-])[C@H](O[C@@H]2OC(CO)[C@H](O)[C@@H](OCO[C@@H]3C(N=[N+]=[N-])[C@@H](O[C@@H]4C(N=[N+]=[N-])C[C@@H](N=[N+]=[N-])[C@@H](O)C4O)OC(CO)[C@H]3O)C2N=[N+]=[N-])[C@@H](O)C1. The lowest BCUT2D eigenvalue weighted by Gasteiger charge is -2.47. The monoisotopic (exact) mass is 798 g/mol. The molecule has 2 heterocycles. The zero-order chi connectivity index (χ0) is 40.9. The Bertz CT molecular complexity index is 1630. The van der Waals surface area contributed by atoms with E-state index < -0.39 is 136 Å². The first-order valence-electron chi connectivity index (χ1n) is 16.7. The highest BCUT2D eigenvalue weighted by Crippen LogP contribution is 2.36.